The SMILES string of the molecule is CC(C)(C)c1ccc(NCc2cn(-c3ccc(C(=O)O)cc3)nc2-c2cc(C(F)(F)F)cc(C(F)(F)F)c2)cc1. The number of nitrogens with zero attached hydrogens (tertiary/aromatic N) is 2. The summed E-state index contributed by atoms with van der Waals surface area (Å²) in [7, 11) is 0. The minimum absolute atomic E-state index is 0.00409. The maximum atomic E-state index is 13.6. The molecule has 3 aromatic carbocycles. The maximum Gasteiger partial charge on any atom is 0.416 e. The van der Waals surface area contributed by atoms with Crippen LogP contribution >= 0.6 is 0 Å². The van der Waals surface area contributed by atoms with Gasteiger partial charge in [0.25, 0.3) is 0 Å². The molecule has 0 amide bonds. The van der Waals surface area contributed by atoms with Crippen molar-refractivity contribution in [1.29, 1.82) is 0 Å². The molecule has 0 fully saturated rings. The van der Waals surface area contributed by atoms with Gasteiger partial charge in [-0.2, -0.15) is 31.4 Å². The second-order valence-electron chi connectivity index (χ2n) is 10.3. The first kappa shape index (κ1) is 28.7. The summed E-state index contributed by atoms with van der Waals surface area (Å²) in [6.07, 6.45) is -8.55. The number of nitrogens with one attached hydrogen (secondary N) is 1. The van der Waals surface area contributed by atoms with E-state index in [1.54, 1.807) is 0 Å². The summed E-state index contributed by atoms with van der Waals surface area (Å²) < 4.78 is 82.6. The van der Waals surface area contributed by atoms with Gasteiger partial charge in [0.05, 0.1) is 28.1 Å². The Morgan fingerprint density at radius 2 is 1.38 bits per heavy atom. The number of carboxylic acids is 1. The zero-order valence-electron chi connectivity index (χ0n) is 21.7. The van der Waals surface area contributed by atoms with Crippen LogP contribution in [0.3, 0.4) is 0 Å². The zero-order valence-corrected chi connectivity index (χ0v) is 21.7. The monoisotopic (exact) mass is 561 g/mol. The molecule has 0 aliphatic heterocycles. The number of carbonyl (C=O) groups is 1. The molecule has 0 saturated heterocycles. The molecule has 0 unspecified atom stereocenters. The highest BCUT2D eigenvalue weighted by Crippen LogP contribution is 2.39. The molecular weight excluding hydrogens is 536 g/mol. The van der Waals surface area contributed by atoms with Crippen molar-refractivity contribution in [2.75, 3.05) is 5.32 Å². The fourth-order valence-electron chi connectivity index (χ4n) is 4.05. The van der Waals surface area contributed by atoms with Gasteiger partial charge in [-0.3, -0.25) is 0 Å². The van der Waals surface area contributed by atoms with Gasteiger partial charge in [0.1, 0.15) is 0 Å². The van der Waals surface area contributed by atoms with Crippen LogP contribution in [0, 0.1) is 0 Å². The summed E-state index contributed by atoms with van der Waals surface area (Å²) in [5, 5.41) is 16.6. The third kappa shape index (κ3) is 6.47. The van der Waals surface area contributed by atoms with Crippen LogP contribution in [-0.2, 0) is 24.3 Å². The van der Waals surface area contributed by atoms with E-state index in [2.05, 4.69) is 31.2 Å². The lowest BCUT2D eigenvalue weighted by Gasteiger charge is -2.19. The van der Waals surface area contributed by atoms with Crippen molar-refractivity contribution in [3.63, 3.8) is 0 Å². The number of anilines is 1. The minimum atomic E-state index is -5.02. The molecule has 210 valence electrons. The molecule has 4 aromatic rings. The lowest BCUT2D eigenvalue weighted by atomic mass is 9.87. The molecule has 11 heteroatoms. The number of benzene rings is 3. The number of alkyl halides is 6. The Morgan fingerprint density at radius 3 is 1.85 bits per heavy atom. The predicted molar refractivity (Wildman–Crippen MR) is 138 cm³/mol. The zero-order chi connectivity index (χ0) is 29.5. The number of aromatic carboxylic acids is 1. The molecular formula is C29H25F6N3O2. The molecule has 0 atom stereocenters. The molecule has 0 saturated carbocycles. The number of hydrogen-bond acceptors (Lipinski definition) is 3. The van der Waals surface area contributed by atoms with Crippen molar-refractivity contribution < 1.29 is 36.2 Å². The van der Waals surface area contributed by atoms with Crippen LogP contribution in [0.25, 0.3) is 16.9 Å². The van der Waals surface area contributed by atoms with Gasteiger partial charge in [-0.15, -0.1) is 0 Å². The summed E-state index contributed by atoms with van der Waals surface area (Å²) in [6, 6.07) is 14.4. The van der Waals surface area contributed by atoms with Crippen LogP contribution in [-0.4, -0.2) is 20.9 Å². The molecule has 0 aliphatic rings. The summed E-state index contributed by atoms with van der Waals surface area (Å²) in [4.78, 5) is 11.2. The van der Waals surface area contributed by atoms with Crippen molar-refractivity contribution in [3.8, 4) is 16.9 Å². The minimum Gasteiger partial charge on any atom is -0.478 e. The Labute approximate surface area is 226 Å². The lowest BCUT2D eigenvalue weighted by molar-refractivity contribution is -0.143. The first-order valence-corrected chi connectivity index (χ1v) is 12.1. The smallest absolute Gasteiger partial charge is 0.416 e. The van der Waals surface area contributed by atoms with Crippen LogP contribution in [0.15, 0.2) is 72.9 Å². The largest absolute Gasteiger partial charge is 0.478 e. The average molecular weight is 562 g/mol. The first-order valence-electron chi connectivity index (χ1n) is 12.1. The number of rotatable bonds is 6. The number of carboxylic acid groups (broad SMARTS) is 1. The van der Waals surface area contributed by atoms with Gasteiger partial charge in [0, 0.05) is 29.6 Å². The van der Waals surface area contributed by atoms with Crippen molar-refractivity contribution in [1.82, 2.24) is 9.78 Å². The van der Waals surface area contributed by atoms with Crippen LogP contribution in [0.4, 0.5) is 32.0 Å². The fourth-order valence-corrected chi connectivity index (χ4v) is 4.05. The highest BCUT2D eigenvalue weighted by atomic mass is 19.4. The third-order valence-electron chi connectivity index (χ3n) is 6.26. The van der Waals surface area contributed by atoms with E-state index in [1.165, 1.54) is 35.1 Å². The molecule has 0 aliphatic carbocycles. The van der Waals surface area contributed by atoms with Crippen LogP contribution in [0.5, 0.6) is 0 Å². The molecule has 0 spiro atoms. The lowest BCUT2D eigenvalue weighted by Crippen LogP contribution is -2.11. The molecule has 5 nitrogen and oxygen atoms in total. The van der Waals surface area contributed by atoms with Crippen molar-refractivity contribution in [3.05, 3.63) is 101 Å². The van der Waals surface area contributed by atoms with Crippen LogP contribution < -0.4 is 5.32 Å². The van der Waals surface area contributed by atoms with Crippen molar-refractivity contribution in [2.45, 2.75) is 45.1 Å². The predicted octanol–water partition coefficient (Wildman–Crippen LogP) is 8.18. The highest BCUT2D eigenvalue weighted by molar-refractivity contribution is 5.87. The van der Waals surface area contributed by atoms with Gasteiger partial charge in [-0.1, -0.05) is 32.9 Å². The van der Waals surface area contributed by atoms with Gasteiger partial charge in [0.2, 0.25) is 0 Å². The summed E-state index contributed by atoms with van der Waals surface area (Å²) in [6.45, 7) is 6.21. The topological polar surface area (TPSA) is 67.2 Å². The number of halogens is 6. The number of aromatic nitrogens is 2. The van der Waals surface area contributed by atoms with Crippen LogP contribution in [0.2, 0.25) is 0 Å². The Balaban J connectivity index is 1.79. The van der Waals surface area contributed by atoms with Gasteiger partial charge >= 0.3 is 18.3 Å². The quantitative estimate of drug-likeness (QED) is 0.233. The normalized spacial score (nSPS) is 12.4. The third-order valence-corrected chi connectivity index (χ3v) is 6.26. The second kappa shape index (κ2) is 10.4. The van der Waals surface area contributed by atoms with E-state index < -0.39 is 29.4 Å². The molecule has 0 bridgehead atoms. The van der Waals surface area contributed by atoms with E-state index in [0.717, 1.165) is 5.56 Å². The van der Waals surface area contributed by atoms with E-state index in [1.807, 2.05) is 24.3 Å². The summed E-state index contributed by atoms with van der Waals surface area (Å²) >= 11 is 0. The number of hydrogen-bond donors (Lipinski definition) is 2. The van der Waals surface area contributed by atoms with E-state index in [-0.39, 0.29) is 34.8 Å². The molecule has 40 heavy (non-hydrogen) atoms. The van der Waals surface area contributed by atoms with Gasteiger partial charge in [0.15, 0.2) is 0 Å². The first-order chi connectivity index (χ1) is 18.5. The molecule has 2 N–H and O–H groups in total. The Kier molecular flexibility index (Phi) is 7.44. The summed E-state index contributed by atoms with van der Waals surface area (Å²) in [5.41, 5.74) is -0.945. The Hall–Kier alpha value is -4.28. The van der Waals surface area contributed by atoms with Crippen LogP contribution in [0.1, 0.15) is 53.4 Å². The second-order valence-corrected chi connectivity index (χ2v) is 10.3. The standard InChI is InChI=1S/C29H25F6N3O2/c1-27(2,3)20-6-8-23(9-7-20)36-15-19-16-38(24-10-4-17(5-11-24)26(39)40)37-25(19)18-12-21(28(30,31)32)14-22(13-18)29(33,34)35/h4-14,16,36H,15H2,1-3H3,(H,39,40). The van der Waals surface area contributed by atoms with Gasteiger partial charge < -0.3 is 10.4 Å². The average Bonchev–Trinajstić information content (AvgIpc) is 3.30. The Morgan fingerprint density at radius 1 is 0.825 bits per heavy atom. The van der Waals surface area contributed by atoms with Gasteiger partial charge in [-0.05, 0) is 65.6 Å². The van der Waals surface area contributed by atoms with Crippen molar-refractivity contribution >= 4 is 11.7 Å². The van der Waals surface area contributed by atoms with Crippen molar-refractivity contribution in [2.24, 2.45) is 0 Å². The molecule has 1 heterocycles. The van der Waals surface area contributed by atoms with E-state index in [4.69, 9.17) is 5.11 Å². The van der Waals surface area contributed by atoms with E-state index in [0.29, 0.717) is 29.1 Å². The van der Waals surface area contributed by atoms with Gasteiger partial charge in [-0.25, -0.2) is 9.48 Å². The summed E-state index contributed by atoms with van der Waals surface area (Å²) in [5.74, 6) is -1.15. The van der Waals surface area contributed by atoms with E-state index >= 15 is 0 Å². The maximum absolute atomic E-state index is 13.6. The molecule has 1 aromatic heterocycles. The Bertz CT molecular complexity index is 1480. The fraction of sp³-hybridized carbons (Fsp3) is 0.241. The molecule has 0 radical (unpaired) electrons. The highest BCUT2D eigenvalue weighted by Gasteiger charge is 2.37. The van der Waals surface area contributed by atoms with E-state index in [9.17, 15) is 31.1 Å². The molecule has 4 rings (SSSR count).